The molecule has 38 heavy (non-hydrogen) atoms. The molecule has 1 aromatic rings. The van der Waals surface area contributed by atoms with E-state index in [-0.39, 0.29) is 30.6 Å². The predicted molar refractivity (Wildman–Crippen MR) is 150 cm³/mol. The van der Waals surface area contributed by atoms with E-state index in [1.165, 1.54) is 6.26 Å². The van der Waals surface area contributed by atoms with Crippen molar-refractivity contribution in [3.63, 3.8) is 0 Å². The molecule has 0 heterocycles. The summed E-state index contributed by atoms with van der Waals surface area (Å²) < 4.78 is 39.5. The molecule has 0 spiro atoms. The van der Waals surface area contributed by atoms with E-state index >= 15 is 0 Å². The lowest BCUT2D eigenvalue weighted by atomic mass is 9.65. The molecule has 4 N–H and O–H groups in total. The summed E-state index contributed by atoms with van der Waals surface area (Å²) >= 11 is 0. The van der Waals surface area contributed by atoms with Gasteiger partial charge in [-0.3, -0.25) is 4.79 Å². The van der Waals surface area contributed by atoms with Gasteiger partial charge < -0.3 is 30.2 Å². The number of carboxylic acids is 1. The number of aliphatic carboxylic acids is 1. The van der Waals surface area contributed by atoms with Crippen LogP contribution in [0.4, 0.5) is 0 Å². The second-order valence-corrected chi connectivity index (χ2v) is 13.1. The third-order valence-electron chi connectivity index (χ3n) is 7.18. The van der Waals surface area contributed by atoms with E-state index in [2.05, 4.69) is 0 Å². The number of methoxy groups -OCH3 is 1. The number of aryl methyl sites for hydroxylation is 1. The first-order valence-corrected chi connectivity index (χ1v) is 15.5. The number of sulfone groups is 1. The zero-order valence-corrected chi connectivity index (χ0v) is 24.8. The van der Waals surface area contributed by atoms with Crippen molar-refractivity contribution in [2.24, 2.45) is 23.0 Å². The molecule has 0 saturated heterocycles. The van der Waals surface area contributed by atoms with E-state index < -0.39 is 33.4 Å². The Balaban J connectivity index is 2.79. The van der Waals surface area contributed by atoms with Crippen molar-refractivity contribution in [2.75, 3.05) is 38.9 Å². The van der Waals surface area contributed by atoms with Gasteiger partial charge in [0.2, 0.25) is 0 Å². The molecule has 1 aromatic carbocycles. The van der Waals surface area contributed by atoms with Gasteiger partial charge in [-0.05, 0) is 61.6 Å². The number of ether oxygens (including phenoxy) is 3. The standard InChI is InChI=1S/C28H49NO8S/c1-20(2)28(21(3)4,27(31)32)19-24(30)23(29)11-7-10-22-12-13-25(36-16-9-17-38(6,33)34)26(18-22)37-15-8-14-35-5/h12-13,18,20-21,23-24,30H,7-11,14-17,19,29H2,1-6H3,(H,31,32). The third-order valence-corrected chi connectivity index (χ3v) is 8.21. The number of carboxylic acid groups (broad SMARTS) is 1. The minimum absolute atomic E-state index is 0.0587. The Morgan fingerprint density at radius 3 is 2.16 bits per heavy atom. The van der Waals surface area contributed by atoms with Crippen molar-refractivity contribution >= 4 is 15.8 Å². The number of hydrogen-bond donors (Lipinski definition) is 3. The molecule has 0 bridgehead atoms. The first-order chi connectivity index (χ1) is 17.7. The Labute approximate surface area is 229 Å². The fraction of sp³-hybridized carbons (Fsp3) is 0.750. The van der Waals surface area contributed by atoms with Crippen molar-refractivity contribution in [1.82, 2.24) is 0 Å². The van der Waals surface area contributed by atoms with Gasteiger partial charge in [0.1, 0.15) is 9.84 Å². The molecule has 0 fully saturated rings. The highest BCUT2D eigenvalue weighted by atomic mass is 32.2. The summed E-state index contributed by atoms with van der Waals surface area (Å²) in [7, 11) is -1.41. The Morgan fingerprint density at radius 2 is 1.61 bits per heavy atom. The van der Waals surface area contributed by atoms with Crippen LogP contribution in [-0.2, 0) is 25.8 Å². The van der Waals surface area contributed by atoms with Crippen molar-refractivity contribution in [2.45, 2.75) is 78.4 Å². The maximum absolute atomic E-state index is 12.2. The maximum atomic E-state index is 12.2. The summed E-state index contributed by atoms with van der Waals surface area (Å²) in [5.41, 5.74) is 6.27. The molecule has 0 saturated carbocycles. The molecule has 0 radical (unpaired) electrons. The van der Waals surface area contributed by atoms with Crippen molar-refractivity contribution in [3.8, 4) is 11.5 Å². The van der Waals surface area contributed by atoms with Crippen LogP contribution in [0.2, 0.25) is 0 Å². The van der Waals surface area contributed by atoms with Gasteiger partial charge in [-0.25, -0.2) is 8.42 Å². The molecule has 10 heteroatoms. The fourth-order valence-corrected chi connectivity index (χ4v) is 5.42. The lowest BCUT2D eigenvalue weighted by Gasteiger charge is -2.39. The average molecular weight is 560 g/mol. The molecule has 0 amide bonds. The van der Waals surface area contributed by atoms with Crippen molar-refractivity contribution < 1.29 is 37.6 Å². The summed E-state index contributed by atoms with van der Waals surface area (Å²) in [5.74, 6) is 0.0166. The van der Waals surface area contributed by atoms with Crippen LogP contribution in [0.15, 0.2) is 18.2 Å². The number of aliphatic hydroxyl groups excluding tert-OH is 1. The number of carbonyl (C=O) groups is 1. The second-order valence-electron chi connectivity index (χ2n) is 10.8. The van der Waals surface area contributed by atoms with Crippen LogP contribution >= 0.6 is 0 Å². The number of aliphatic hydroxyl groups is 1. The Bertz CT molecular complexity index is 940. The summed E-state index contributed by atoms with van der Waals surface area (Å²) in [6.07, 6.45) is 3.45. The van der Waals surface area contributed by atoms with Crippen LogP contribution in [0.1, 0.15) is 65.4 Å². The van der Waals surface area contributed by atoms with Gasteiger partial charge in [0.05, 0.1) is 30.5 Å². The SMILES string of the molecule is COCCCOc1cc(CCCC(N)C(O)CC(C(=O)O)(C(C)C)C(C)C)ccc1OCCCS(C)(=O)=O. The molecular weight excluding hydrogens is 510 g/mol. The van der Waals surface area contributed by atoms with Crippen LogP contribution < -0.4 is 15.2 Å². The molecule has 220 valence electrons. The highest BCUT2D eigenvalue weighted by Crippen LogP contribution is 2.41. The van der Waals surface area contributed by atoms with Gasteiger partial charge >= 0.3 is 5.97 Å². The third kappa shape index (κ3) is 11.1. The summed E-state index contributed by atoms with van der Waals surface area (Å²) in [4.78, 5) is 12.2. The largest absolute Gasteiger partial charge is 0.490 e. The van der Waals surface area contributed by atoms with Crippen LogP contribution in [-0.4, -0.2) is 75.7 Å². The van der Waals surface area contributed by atoms with Gasteiger partial charge in [0.25, 0.3) is 0 Å². The minimum atomic E-state index is -3.05. The summed E-state index contributed by atoms with van der Waals surface area (Å²) in [5, 5.41) is 20.8. The van der Waals surface area contributed by atoms with E-state index in [9.17, 15) is 23.4 Å². The Morgan fingerprint density at radius 1 is 1.00 bits per heavy atom. The molecule has 2 atom stereocenters. The van der Waals surface area contributed by atoms with Gasteiger partial charge in [0, 0.05) is 32.4 Å². The van der Waals surface area contributed by atoms with Gasteiger partial charge in [-0.15, -0.1) is 0 Å². The van der Waals surface area contributed by atoms with Gasteiger partial charge in [-0.2, -0.15) is 0 Å². The minimum Gasteiger partial charge on any atom is -0.490 e. The smallest absolute Gasteiger partial charge is 0.310 e. The predicted octanol–water partition coefficient (Wildman–Crippen LogP) is 3.70. The topological polar surface area (TPSA) is 145 Å². The van der Waals surface area contributed by atoms with Gasteiger partial charge in [0.15, 0.2) is 11.5 Å². The monoisotopic (exact) mass is 559 g/mol. The first kappa shape index (κ1) is 34.1. The molecular formula is C28H49NO8S. The van der Waals surface area contributed by atoms with Crippen LogP contribution in [0, 0.1) is 17.3 Å². The molecule has 0 aliphatic rings. The zero-order valence-electron chi connectivity index (χ0n) is 23.9. The number of benzene rings is 1. The maximum Gasteiger partial charge on any atom is 0.310 e. The zero-order chi connectivity index (χ0) is 28.9. The van der Waals surface area contributed by atoms with Crippen molar-refractivity contribution in [3.05, 3.63) is 23.8 Å². The molecule has 2 unspecified atom stereocenters. The van der Waals surface area contributed by atoms with Crippen molar-refractivity contribution in [1.29, 1.82) is 0 Å². The lowest BCUT2D eigenvalue weighted by molar-refractivity contribution is -0.159. The second kappa shape index (κ2) is 16.3. The lowest BCUT2D eigenvalue weighted by Crippen LogP contribution is -2.47. The molecule has 0 aromatic heterocycles. The highest BCUT2D eigenvalue weighted by Gasteiger charge is 2.46. The quantitative estimate of drug-likeness (QED) is 0.204. The number of rotatable bonds is 20. The van der Waals surface area contributed by atoms with E-state index in [0.717, 1.165) is 5.56 Å². The Kier molecular flexibility index (Phi) is 14.6. The molecule has 9 nitrogen and oxygen atoms in total. The highest BCUT2D eigenvalue weighted by molar-refractivity contribution is 7.90. The molecule has 0 aliphatic carbocycles. The normalized spacial score (nSPS) is 14.1. The van der Waals surface area contributed by atoms with Gasteiger partial charge in [-0.1, -0.05) is 33.8 Å². The summed E-state index contributed by atoms with van der Waals surface area (Å²) in [6, 6.07) is 5.13. The van der Waals surface area contributed by atoms with E-state index in [0.29, 0.717) is 56.8 Å². The fourth-order valence-electron chi connectivity index (χ4n) is 4.78. The number of hydrogen-bond acceptors (Lipinski definition) is 8. The summed E-state index contributed by atoms with van der Waals surface area (Å²) in [6.45, 7) is 8.78. The number of nitrogens with two attached hydrogens (primary N) is 1. The average Bonchev–Trinajstić information content (AvgIpc) is 2.82. The Hall–Kier alpha value is -1.88. The van der Waals surface area contributed by atoms with E-state index in [4.69, 9.17) is 19.9 Å². The van der Waals surface area contributed by atoms with E-state index in [1.54, 1.807) is 7.11 Å². The molecule has 1 rings (SSSR count). The molecule has 0 aliphatic heterocycles. The van der Waals surface area contributed by atoms with Crippen LogP contribution in [0.5, 0.6) is 11.5 Å². The van der Waals surface area contributed by atoms with E-state index in [1.807, 2.05) is 45.9 Å². The van der Waals surface area contributed by atoms with Crippen LogP contribution in [0.3, 0.4) is 0 Å². The van der Waals surface area contributed by atoms with Crippen LogP contribution in [0.25, 0.3) is 0 Å². The first-order valence-electron chi connectivity index (χ1n) is 13.5.